The first kappa shape index (κ1) is 20.1. The van der Waals surface area contributed by atoms with Gasteiger partial charge in [-0.3, -0.25) is 10.1 Å². The highest BCUT2D eigenvalue weighted by Crippen LogP contribution is 2.35. The summed E-state index contributed by atoms with van der Waals surface area (Å²) in [6, 6.07) is 19.4. The van der Waals surface area contributed by atoms with E-state index in [1.165, 1.54) is 12.1 Å². The van der Waals surface area contributed by atoms with Crippen molar-refractivity contribution in [1.29, 1.82) is 0 Å². The molecule has 3 aromatic carbocycles. The lowest BCUT2D eigenvalue weighted by molar-refractivity contribution is -0.481. The number of ether oxygens (including phenoxy) is 1. The van der Waals surface area contributed by atoms with Gasteiger partial charge in [0, 0.05) is 22.0 Å². The minimum Gasteiger partial charge on any atom is -0.488 e. The number of para-hydroxylation sites is 1. The number of nitrogens with zero attached hydrogens (tertiary/aromatic N) is 1. The van der Waals surface area contributed by atoms with Crippen molar-refractivity contribution in [2.24, 2.45) is 0 Å². The summed E-state index contributed by atoms with van der Waals surface area (Å²) in [6.07, 6.45) is 1.83. The van der Waals surface area contributed by atoms with Gasteiger partial charge in [0.05, 0.1) is 10.4 Å². The van der Waals surface area contributed by atoms with Gasteiger partial charge in [0.2, 0.25) is 6.54 Å². The molecule has 152 valence electrons. The Labute approximate surface area is 180 Å². The predicted molar refractivity (Wildman–Crippen MR) is 117 cm³/mol. The number of hydrogen-bond acceptors (Lipinski definition) is 3. The summed E-state index contributed by atoms with van der Waals surface area (Å²) in [5.41, 5.74) is 3.34. The second kappa shape index (κ2) is 8.67. The van der Waals surface area contributed by atoms with Gasteiger partial charge < -0.3 is 9.72 Å². The molecular weight excluding hydrogens is 451 g/mol. The smallest absolute Gasteiger partial charge is 0.214 e. The molecule has 1 heterocycles. The topological polar surface area (TPSA) is 68.2 Å². The summed E-state index contributed by atoms with van der Waals surface area (Å²) in [6.45, 7) is -0.00569. The highest BCUT2D eigenvalue weighted by Gasteiger charge is 2.24. The number of aromatic amines is 1. The molecule has 0 unspecified atom stereocenters. The van der Waals surface area contributed by atoms with Gasteiger partial charge in [-0.05, 0) is 63.0 Å². The first-order valence-electron chi connectivity index (χ1n) is 9.36. The van der Waals surface area contributed by atoms with Crippen LogP contribution in [0.25, 0.3) is 10.9 Å². The van der Waals surface area contributed by atoms with Crippen molar-refractivity contribution < 1.29 is 14.1 Å². The van der Waals surface area contributed by atoms with Crippen LogP contribution < -0.4 is 4.74 Å². The van der Waals surface area contributed by atoms with Crippen molar-refractivity contribution in [3.8, 4) is 5.75 Å². The molecule has 0 aliphatic carbocycles. The molecule has 5 nitrogen and oxygen atoms in total. The molecule has 0 bridgehead atoms. The van der Waals surface area contributed by atoms with Gasteiger partial charge >= 0.3 is 0 Å². The Bertz CT molecular complexity index is 1210. The number of hydrogen-bond donors (Lipinski definition) is 1. The van der Waals surface area contributed by atoms with E-state index in [0.717, 1.165) is 27.6 Å². The van der Waals surface area contributed by atoms with E-state index in [2.05, 4.69) is 20.9 Å². The molecule has 0 radical (unpaired) electrons. The SMILES string of the molecule is O=[N+]([O-])C[C@@H](c1ccc(OCc2cccc(F)c2)c(Br)c1)c1c[nH]c2ccccc12. The van der Waals surface area contributed by atoms with Crippen LogP contribution in [0.4, 0.5) is 4.39 Å². The molecule has 4 rings (SSSR count). The molecule has 0 aliphatic rings. The highest BCUT2D eigenvalue weighted by molar-refractivity contribution is 9.10. The standard InChI is InChI=1S/C23H18BrFN2O3/c24-21-11-16(8-9-23(21)30-14-15-4-3-5-17(25)10-15)20(13-27(28)29)19-12-26-22-7-2-1-6-18(19)22/h1-12,20,26H,13-14H2/t20-/m0/s1. The van der Waals surface area contributed by atoms with Crippen LogP contribution in [0.5, 0.6) is 5.75 Å². The average Bonchev–Trinajstić information content (AvgIpc) is 3.15. The van der Waals surface area contributed by atoms with Crippen molar-refractivity contribution in [3.63, 3.8) is 0 Å². The van der Waals surface area contributed by atoms with E-state index in [0.29, 0.717) is 10.2 Å². The van der Waals surface area contributed by atoms with Crippen LogP contribution >= 0.6 is 15.9 Å². The number of aromatic nitrogens is 1. The molecule has 0 aliphatic heterocycles. The summed E-state index contributed by atoms with van der Waals surface area (Å²) < 4.78 is 19.8. The number of rotatable bonds is 7. The second-order valence-corrected chi connectivity index (χ2v) is 7.82. The quantitative estimate of drug-likeness (QED) is 0.264. The van der Waals surface area contributed by atoms with Gasteiger partial charge in [-0.1, -0.05) is 36.4 Å². The maximum absolute atomic E-state index is 13.3. The predicted octanol–water partition coefficient (Wildman–Crippen LogP) is 6.06. The fourth-order valence-electron chi connectivity index (χ4n) is 3.55. The Balaban J connectivity index is 1.62. The van der Waals surface area contributed by atoms with Crippen molar-refractivity contribution >= 4 is 26.8 Å². The van der Waals surface area contributed by atoms with Crippen molar-refractivity contribution in [2.45, 2.75) is 12.5 Å². The molecule has 1 N–H and O–H groups in total. The lowest BCUT2D eigenvalue weighted by Gasteiger charge is -2.15. The minimum absolute atomic E-state index is 0.219. The number of nitro groups is 1. The van der Waals surface area contributed by atoms with E-state index in [-0.39, 0.29) is 23.9 Å². The molecule has 1 atom stereocenters. The molecule has 0 saturated carbocycles. The largest absolute Gasteiger partial charge is 0.488 e. The zero-order chi connectivity index (χ0) is 21.1. The number of benzene rings is 3. The summed E-state index contributed by atoms with van der Waals surface area (Å²) in [5.74, 6) is -0.140. The number of H-pyrrole nitrogens is 1. The van der Waals surface area contributed by atoms with Crippen LogP contribution in [0.15, 0.2) is 77.4 Å². The zero-order valence-electron chi connectivity index (χ0n) is 15.8. The van der Waals surface area contributed by atoms with Crippen molar-refractivity contribution in [1.82, 2.24) is 4.98 Å². The van der Waals surface area contributed by atoms with Crippen molar-refractivity contribution in [2.75, 3.05) is 6.54 Å². The molecule has 30 heavy (non-hydrogen) atoms. The highest BCUT2D eigenvalue weighted by atomic mass is 79.9. The molecule has 0 amide bonds. The van der Waals surface area contributed by atoms with Gasteiger partial charge in [0.15, 0.2) is 0 Å². The van der Waals surface area contributed by atoms with E-state index in [4.69, 9.17) is 4.74 Å². The fourth-order valence-corrected chi connectivity index (χ4v) is 4.06. The average molecular weight is 469 g/mol. The van der Waals surface area contributed by atoms with Crippen LogP contribution in [0.3, 0.4) is 0 Å². The zero-order valence-corrected chi connectivity index (χ0v) is 17.4. The third kappa shape index (κ3) is 4.36. The van der Waals surface area contributed by atoms with Gasteiger partial charge in [-0.2, -0.15) is 0 Å². The van der Waals surface area contributed by atoms with Crippen molar-refractivity contribution in [3.05, 3.63) is 110 Å². The summed E-state index contributed by atoms with van der Waals surface area (Å²) in [4.78, 5) is 14.3. The second-order valence-electron chi connectivity index (χ2n) is 6.97. The van der Waals surface area contributed by atoms with E-state index >= 15 is 0 Å². The van der Waals surface area contributed by atoms with Gasteiger partial charge in [-0.15, -0.1) is 0 Å². The number of nitrogens with one attached hydrogen (secondary N) is 1. The molecular formula is C23H18BrFN2O3. The van der Waals surface area contributed by atoms with Crippen LogP contribution in [0.1, 0.15) is 22.6 Å². The lowest BCUT2D eigenvalue weighted by atomic mass is 9.91. The third-order valence-corrected chi connectivity index (χ3v) is 5.59. The number of fused-ring (bicyclic) bond motifs is 1. The first-order chi connectivity index (χ1) is 14.5. The normalized spacial score (nSPS) is 12.1. The Morgan fingerprint density at radius 1 is 1.10 bits per heavy atom. The molecule has 4 aromatic rings. The Morgan fingerprint density at radius 2 is 1.93 bits per heavy atom. The summed E-state index contributed by atoms with van der Waals surface area (Å²) in [7, 11) is 0. The van der Waals surface area contributed by atoms with Crippen LogP contribution in [-0.2, 0) is 6.61 Å². The summed E-state index contributed by atoms with van der Waals surface area (Å²) >= 11 is 3.51. The van der Waals surface area contributed by atoms with Crippen LogP contribution in [0.2, 0.25) is 0 Å². The van der Waals surface area contributed by atoms with E-state index in [1.54, 1.807) is 18.2 Å². The van der Waals surface area contributed by atoms with E-state index < -0.39 is 5.92 Å². The Morgan fingerprint density at radius 3 is 2.70 bits per heavy atom. The van der Waals surface area contributed by atoms with Gasteiger partial charge in [-0.25, -0.2) is 4.39 Å². The minimum atomic E-state index is -0.412. The summed E-state index contributed by atoms with van der Waals surface area (Å²) in [5, 5.41) is 12.3. The monoisotopic (exact) mass is 468 g/mol. The fraction of sp³-hybridized carbons (Fsp3) is 0.130. The maximum atomic E-state index is 13.3. The van der Waals surface area contributed by atoms with Crippen LogP contribution in [0, 0.1) is 15.9 Å². The molecule has 0 saturated heterocycles. The molecule has 7 heteroatoms. The first-order valence-corrected chi connectivity index (χ1v) is 10.1. The van der Waals surface area contributed by atoms with E-state index in [9.17, 15) is 14.5 Å². The third-order valence-electron chi connectivity index (χ3n) is 4.97. The molecule has 0 spiro atoms. The van der Waals surface area contributed by atoms with E-state index in [1.807, 2.05) is 42.6 Å². The lowest BCUT2D eigenvalue weighted by Crippen LogP contribution is -2.14. The van der Waals surface area contributed by atoms with Gasteiger partial charge in [0.25, 0.3) is 0 Å². The number of halogens is 2. The Kier molecular flexibility index (Phi) is 5.81. The molecule has 1 aromatic heterocycles. The molecule has 0 fully saturated rings. The maximum Gasteiger partial charge on any atom is 0.214 e. The van der Waals surface area contributed by atoms with Gasteiger partial charge in [0.1, 0.15) is 18.2 Å². The Hall–Kier alpha value is -3.19. The van der Waals surface area contributed by atoms with Crippen LogP contribution in [-0.4, -0.2) is 16.5 Å².